The molecular formula is C16H21BrClNO2. The zero-order chi connectivity index (χ0) is 15.5. The van der Waals surface area contributed by atoms with Crippen LogP contribution in [-0.4, -0.2) is 16.6 Å². The van der Waals surface area contributed by atoms with Crippen LogP contribution in [0.1, 0.15) is 45.4 Å². The molecule has 1 aliphatic carbocycles. The monoisotopic (exact) mass is 373 g/mol. The molecule has 0 bridgehead atoms. The summed E-state index contributed by atoms with van der Waals surface area (Å²) in [7, 11) is 0. The number of carbonyl (C=O) groups is 1. The summed E-state index contributed by atoms with van der Waals surface area (Å²) < 4.78 is 0.773. The molecule has 0 aliphatic heterocycles. The molecule has 2 rings (SSSR count). The van der Waals surface area contributed by atoms with Gasteiger partial charge in [0.05, 0.1) is 5.02 Å². The van der Waals surface area contributed by atoms with Crippen LogP contribution in [0.5, 0.6) is 0 Å². The minimum atomic E-state index is -0.850. The number of aliphatic carboxylic acids is 1. The van der Waals surface area contributed by atoms with Gasteiger partial charge < -0.3 is 10.4 Å². The first-order valence-corrected chi connectivity index (χ1v) is 8.60. The maximum atomic E-state index is 11.8. The zero-order valence-corrected chi connectivity index (χ0v) is 14.5. The van der Waals surface area contributed by atoms with Crippen molar-refractivity contribution < 1.29 is 9.90 Å². The third kappa shape index (κ3) is 3.92. The third-order valence-electron chi connectivity index (χ3n) is 4.37. The molecule has 2 N–H and O–H groups in total. The smallest absolute Gasteiger partial charge is 0.329 e. The number of benzene rings is 1. The molecule has 1 aromatic carbocycles. The summed E-state index contributed by atoms with van der Waals surface area (Å²) in [6, 6.07) is 5.44. The summed E-state index contributed by atoms with van der Waals surface area (Å²) in [6.45, 7) is 2.18. The molecule has 5 heteroatoms. The number of halogens is 2. The summed E-state index contributed by atoms with van der Waals surface area (Å²) in [5, 5.41) is 13.5. The van der Waals surface area contributed by atoms with Gasteiger partial charge in [0, 0.05) is 10.2 Å². The molecular weight excluding hydrogens is 354 g/mol. The maximum Gasteiger partial charge on any atom is 0.329 e. The van der Waals surface area contributed by atoms with Gasteiger partial charge in [0.25, 0.3) is 0 Å². The summed E-state index contributed by atoms with van der Waals surface area (Å²) >= 11 is 9.36. The van der Waals surface area contributed by atoms with Crippen molar-refractivity contribution in [1.29, 1.82) is 0 Å². The van der Waals surface area contributed by atoms with E-state index in [0.29, 0.717) is 23.8 Å². The minimum Gasteiger partial charge on any atom is -0.480 e. The number of carboxylic acid groups (broad SMARTS) is 1. The fourth-order valence-electron chi connectivity index (χ4n) is 3.11. The van der Waals surface area contributed by atoms with Gasteiger partial charge in [-0.25, -0.2) is 4.79 Å². The van der Waals surface area contributed by atoms with Gasteiger partial charge in [-0.05, 0) is 65.7 Å². The lowest BCUT2D eigenvalue weighted by Crippen LogP contribution is -2.49. The van der Waals surface area contributed by atoms with Crippen molar-refractivity contribution in [2.45, 2.75) is 51.0 Å². The molecule has 0 spiro atoms. The van der Waals surface area contributed by atoms with E-state index in [-0.39, 0.29) is 0 Å². The standard InChI is InChI=1S/C16H21BrClNO2/c1-2-3-11-6-8-16(9-7-11,15(20)21)19-12-4-5-14(18)13(17)10-12/h4-5,10-11,19H,2-3,6-9H2,1H3,(H,20,21). The molecule has 0 amide bonds. The van der Waals surface area contributed by atoms with Gasteiger partial charge in [0.2, 0.25) is 0 Å². The van der Waals surface area contributed by atoms with Crippen LogP contribution in [0.2, 0.25) is 5.02 Å². The Bertz CT molecular complexity index is 513. The van der Waals surface area contributed by atoms with E-state index in [0.717, 1.165) is 23.0 Å². The molecule has 0 heterocycles. The van der Waals surface area contributed by atoms with Crippen LogP contribution in [0.25, 0.3) is 0 Å². The van der Waals surface area contributed by atoms with Gasteiger partial charge in [0.15, 0.2) is 0 Å². The van der Waals surface area contributed by atoms with Crippen molar-refractivity contribution in [1.82, 2.24) is 0 Å². The molecule has 1 saturated carbocycles. The van der Waals surface area contributed by atoms with Crippen LogP contribution >= 0.6 is 27.5 Å². The van der Waals surface area contributed by atoms with Crippen LogP contribution in [0.4, 0.5) is 5.69 Å². The van der Waals surface area contributed by atoms with E-state index in [1.54, 1.807) is 6.07 Å². The van der Waals surface area contributed by atoms with Gasteiger partial charge in [-0.15, -0.1) is 0 Å². The molecule has 1 fully saturated rings. The fourth-order valence-corrected chi connectivity index (χ4v) is 3.61. The molecule has 0 unspecified atom stereocenters. The lowest BCUT2D eigenvalue weighted by atomic mass is 9.75. The largest absolute Gasteiger partial charge is 0.480 e. The van der Waals surface area contributed by atoms with Crippen LogP contribution in [0.15, 0.2) is 22.7 Å². The van der Waals surface area contributed by atoms with Gasteiger partial charge in [0.1, 0.15) is 5.54 Å². The van der Waals surface area contributed by atoms with Crippen molar-refractivity contribution in [3.8, 4) is 0 Å². The molecule has 0 atom stereocenters. The number of carboxylic acids is 1. The lowest BCUT2D eigenvalue weighted by molar-refractivity contribution is -0.143. The third-order valence-corrected chi connectivity index (χ3v) is 5.58. The molecule has 0 saturated heterocycles. The predicted molar refractivity (Wildman–Crippen MR) is 90.0 cm³/mol. The molecule has 116 valence electrons. The first-order valence-electron chi connectivity index (χ1n) is 7.43. The highest BCUT2D eigenvalue weighted by Crippen LogP contribution is 2.37. The Morgan fingerprint density at radius 1 is 1.48 bits per heavy atom. The average Bonchev–Trinajstić information content (AvgIpc) is 2.45. The second-order valence-electron chi connectivity index (χ2n) is 5.87. The van der Waals surface area contributed by atoms with Gasteiger partial charge in [-0.3, -0.25) is 0 Å². The van der Waals surface area contributed by atoms with Crippen molar-refractivity contribution in [2.24, 2.45) is 5.92 Å². The fraction of sp³-hybridized carbons (Fsp3) is 0.562. The first kappa shape index (κ1) is 16.6. The highest BCUT2D eigenvalue weighted by atomic mass is 79.9. The summed E-state index contributed by atoms with van der Waals surface area (Å²) in [6.07, 6.45) is 5.66. The highest BCUT2D eigenvalue weighted by molar-refractivity contribution is 9.10. The van der Waals surface area contributed by atoms with E-state index in [9.17, 15) is 9.90 Å². The summed E-state index contributed by atoms with van der Waals surface area (Å²) in [5.41, 5.74) is -0.0556. The second-order valence-corrected chi connectivity index (χ2v) is 7.13. The molecule has 0 aromatic heterocycles. The minimum absolute atomic E-state index is 0.622. The van der Waals surface area contributed by atoms with E-state index >= 15 is 0 Å². The molecule has 1 aromatic rings. The Labute approximate surface area is 139 Å². The van der Waals surface area contributed by atoms with Crippen molar-refractivity contribution in [3.63, 3.8) is 0 Å². The maximum absolute atomic E-state index is 11.8. The predicted octanol–water partition coefficient (Wildman–Crippen LogP) is 5.33. The van der Waals surface area contributed by atoms with E-state index in [1.165, 1.54) is 12.8 Å². The number of anilines is 1. The van der Waals surface area contributed by atoms with Gasteiger partial charge >= 0.3 is 5.97 Å². The second kappa shape index (κ2) is 7.01. The Kier molecular flexibility index (Phi) is 5.55. The van der Waals surface area contributed by atoms with E-state index in [4.69, 9.17) is 11.6 Å². The van der Waals surface area contributed by atoms with Crippen LogP contribution in [-0.2, 0) is 4.79 Å². The van der Waals surface area contributed by atoms with Crippen molar-refractivity contribution in [2.75, 3.05) is 5.32 Å². The summed E-state index contributed by atoms with van der Waals surface area (Å²) in [5.74, 6) is -0.0928. The normalized spacial score (nSPS) is 25.6. The Morgan fingerprint density at radius 2 is 2.14 bits per heavy atom. The first-order chi connectivity index (χ1) is 9.97. The Hall–Kier alpha value is -0.740. The molecule has 1 aliphatic rings. The highest BCUT2D eigenvalue weighted by Gasteiger charge is 2.41. The zero-order valence-electron chi connectivity index (χ0n) is 12.2. The number of hydrogen-bond acceptors (Lipinski definition) is 2. The number of nitrogens with one attached hydrogen (secondary N) is 1. The quantitative estimate of drug-likeness (QED) is 0.732. The van der Waals surface area contributed by atoms with E-state index in [1.807, 2.05) is 12.1 Å². The van der Waals surface area contributed by atoms with Crippen LogP contribution in [0.3, 0.4) is 0 Å². The Balaban J connectivity index is 2.12. The van der Waals surface area contributed by atoms with Crippen LogP contribution in [0, 0.1) is 5.92 Å². The van der Waals surface area contributed by atoms with Gasteiger partial charge in [-0.1, -0.05) is 31.4 Å². The average molecular weight is 375 g/mol. The molecule has 0 radical (unpaired) electrons. The SMILES string of the molecule is CCCC1CCC(Nc2ccc(Cl)c(Br)c2)(C(=O)O)CC1. The van der Waals surface area contributed by atoms with Crippen molar-refractivity contribution in [3.05, 3.63) is 27.7 Å². The molecule has 3 nitrogen and oxygen atoms in total. The van der Waals surface area contributed by atoms with Crippen LogP contribution < -0.4 is 5.32 Å². The molecule has 21 heavy (non-hydrogen) atoms. The Morgan fingerprint density at radius 3 is 2.67 bits per heavy atom. The van der Waals surface area contributed by atoms with E-state index < -0.39 is 11.5 Å². The summed E-state index contributed by atoms with van der Waals surface area (Å²) in [4.78, 5) is 11.8. The van der Waals surface area contributed by atoms with Gasteiger partial charge in [-0.2, -0.15) is 0 Å². The number of rotatable bonds is 5. The lowest BCUT2D eigenvalue weighted by Gasteiger charge is -2.38. The number of hydrogen-bond donors (Lipinski definition) is 2. The van der Waals surface area contributed by atoms with Crippen molar-refractivity contribution >= 4 is 39.2 Å². The van der Waals surface area contributed by atoms with E-state index in [2.05, 4.69) is 28.2 Å². The topological polar surface area (TPSA) is 49.3 Å².